The molecule has 0 aliphatic heterocycles. The van der Waals surface area contributed by atoms with E-state index in [1.807, 2.05) is 0 Å². The number of nitrogens with zero attached hydrogens (tertiary/aromatic N) is 2. The average molecular weight is 268 g/mol. The third kappa shape index (κ3) is 2.34. The Kier molecular flexibility index (Phi) is 3.09. The molecule has 1 aromatic heterocycles. The summed E-state index contributed by atoms with van der Waals surface area (Å²) < 4.78 is 0. The van der Waals surface area contributed by atoms with Gasteiger partial charge in [0.1, 0.15) is 0 Å². The lowest BCUT2D eigenvalue weighted by Gasteiger charge is -2.57. The maximum absolute atomic E-state index is 12.1. The number of nitrogens with one attached hydrogen (secondary N) is 1. The Morgan fingerprint density at radius 1 is 1.28 bits per heavy atom. The van der Waals surface area contributed by atoms with Gasteiger partial charge in [-0.15, -0.1) is 0 Å². The molecule has 1 amide bonds. The first-order chi connectivity index (χ1) is 8.22. The van der Waals surface area contributed by atoms with Gasteiger partial charge in [-0.2, -0.15) is 0 Å². The van der Waals surface area contributed by atoms with Crippen molar-refractivity contribution in [3.05, 3.63) is 23.2 Å². The van der Waals surface area contributed by atoms with Crippen molar-refractivity contribution in [2.45, 2.75) is 40.2 Å². The molecule has 0 spiro atoms. The molecule has 1 aromatic rings. The van der Waals surface area contributed by atoms with Crippen molar-refractivity contribution in [3.63, 3.8) is 0 Å². The first-order valence-corrected chi connectivity index (χ1v) is 6.39. The van der Waals surface area contributed by atoms with E-state index in [4.69, 9.17) is 11.6 Å². The zero-order valence-electron chi connectivity index (χ0n) is 11.1. The van der Waals surface area contributed by atoms with Crippen LogP contribution in [0.25, 0.3) is 0 Å². The van der Waals surface area contributed by atoms with Gasteiger partial charge in [0.2, 0.25) is 5.28 Å². The van der Waals surface area contributed by atoms with Crippen LogP contribution in [0.1, 0.15) is 44.5 Å². The smallest absolute Gasteiger partial charge is 0.254 e. The van der Waals surface area contributed by atoms with Crippen molar-refractivity contribution >= 4 is 17.5 Å². The van der Waals surface area contributed by atoms with E-state index in [0.717, 1.165) is 6.42 Å². The maximum Gasteiger partial charge on any atom is 0.254 e. The molecule has 0 saturated heterocycles. The molecule has 0 bridgehead atoms. The summed E-state index contributed by atoms with van der Waals surface area (Å²) in [6.07, 6.45) is 3.99. The quantitative estimate of drug-likeness (QED) is 0.838. The SMILES string of the molecule is CC1(C)CC(C)(C)C1NC(=O)c1cnc(Cl)nc1. The van der Waals surface area contributed by atoms with Crippen molar-refractivity contribution in [2.75, 3.05) is 0 Å². The van der Waals surface area contributed by atoms with E-state index in [2.05, 4.69) is 43.0 Å². The Morgan fingerprint density at radius 2 is 1.78 bits per heavy atom. The summed E-state index contributed by atoms with van der Waals surface area (Å²) in [5.41, 5.74) is 0.705. The average Bonchev–Trinajstić information content (AvgIpc) is 2.25. The predicted molar refractivity (Wildman–Crippen MR) is 70.5 cm³/mol. The number of hydrogen-bond acceptors (Lipinski definition) is 3. The first-order valence-electron chi connectivity index (χ1n) is 6.01. The van der Waals surface area contributed by atoms with Gasteiger partial charge in [-0.3, -0.25) is 4.79 Å². The van der Waals surface area contributed by atoms with E-state index in [1.54, 1.807) is 0 Å². The molecular formula is C13H18ClN3O. The minimum atomic E-state index is -0.141. The summed E-state index contributed by atoms with van der Waals surface area (Å²) in [5.74, 6) is -0.141. The van der Waals surface area contributed by atoms with Gasteiger partial charge in [-0.05, 0) is 28.9 Å². The Balaban J connectivity index is 2.10. The lowest BCUT2D eigenvalue weighted by atomic mass is 9.52. The highest BCUT2D eigenvalue weighted by molar-refractivity contribution is 6.28. The Bertz CT molecular complexity index is 454. The highest BCUT2D eigenvalue weighted by atomic mass is 35.5. The topological polar surface area (TPSA) is 54.9 Å². The molecule has 0 aromatic carbocycles. The van der Waals surface area contributed by atoms with Crippen LogP contribution in [0.3, 0.4) is 0 Å². The van der Waals surface area contributed by atoms with Crippen LogP contribution in [0.5, 0.6) is 0 Å². The molecular weight excluding hydrogens is 250 g/mol. The third-order valence-corrected chi connectivity index (χ3v) is 3.83. The number of carbonyl (C=O) groups is 1. The molecule has 1 fully saturated rings. The minimum Gasteiger partial charge on any atom is -0.348 e. The largest absolute Gasteiger partial charge is 0.348 e. The van der Waals surface area contributed by atoms with Gasteiger partial charge in [0.25, 0.3) is 5.91 Å². The third-order valence-electron chi connectivity index (χ3n) is 3.63. The van der Waals surface area contributed by atoms with Gasteiger partial charge in [0.05, 0.1) is 5.56 Å². The molecule has 5 heteroatoms. The van der Waals surface area contributed by atoms with Crippen molar-refractivity contribution < 1.29 is 4.79 Å². The summed E-state index contributed by atoms with van der Waals surface area (Å²) in [5, 5.41) is 3.22. The van der Waals surface area contributed by atoms with Crippen LogP contribution >= 0.6 is 11.6 Å². The molecule has 1 aliphatic carbocycles. The standard InChI is InChI=1S/C13H18ClN3O/c1-12(2)7-13(3,4)10(12)17-9(18)8-5-15-11(14)16-6-8/h5-6,10H,7H2,1-4H3,(H,17,18). The predicted octanol–water partition coefficient (Wildman–Crippen LogP) is 2.68. The zero-order chi connectivity index (χ0) is 13.6. The van der Waals surface area contributed by atoms with Gasteiger partial charge < -0.3 is 5.32 Å². The highest BCUT2D eigenvalue weighted by Gasteiger charge is 2.53. The van der Waals surface area contributed by atoms with Crippen LogP contribution in [0.4, 0.5) is 0 Å². The highest BCUT2D eigenvalue weighted by Crippen LogP contribution is 2.53. The van der Waals surface area contributed by atoms with Crippen molar-refractivity contribution in [3.8, 4) is 0 Å². The van der Waals surface area contributed by atoms with Gasteiger partial charge in [0, 0.05) is 18.4 Å². The molecule has 1 saturated carbocycles. The summed E-state index contributed by atoms with van der Waals surface area (Å²) in [6, 6.07) is 0.160. The number of carbonyl (C=O) groups excluding carboxylic acids is 1. The molecule has 1 N–H and O–H groups in total. The van der Waals surface area contributed by atoms with E-state index in [-0.39, 0.29) is 28.1 Å². The normalized spacial score (nSPS) is 21.2. The van der Waals surface area contributed by atoms with E-state index in [0.29, 0.717) is 5.56 Å². The molecule has 2 rings (SSSR count). The lowest BCUT2D eigenvalue weighted by molar-refractivity contribution is -0.0366. The Morgan fingerprint density at radius 3 is 2.22 bits per heavy atom. The molecule has 1 aliphatic rings. The molecule has 1 heterocycles. The van der Waals surface area contributed by atoms with Crippen LogP contribution in [0.2, 0.25) is 5.28 Å². The molecule has 0 atom stereocenters. The monoisotopic (exact) mass is 267 g/mol. The van der Waals surface area contributed by atoms with Gasteiger partial charge >= 0.3 is 0 Å². The van der Waals surface area contributed by atoms with Crippen molar-refractivity contribution in [1.29, 1.82) is 0 Å². The second-order valence-corrected chi connectivity index (χ2v) is 6.64. The van der Waals surface area contributed by atoms with Crippen molar-refractivity contribution in [1.82, 2.24) is 15.3 Å². The number of aromatic nitrogens is 2. The summed E-state index contributed by atoms with van der Waals surface area (Å²) in [7, 11) is 0. The van der Waals surface area contributed by atoms with Crippen LogP contribution in [-0.2, 0) is 0 Å². The summed E-state index contributed by atoms with van der Waals surface area (Å²) in [4.78, 5) is 19.7. The number of rotatable bonds is 2. The van der Waals surface area contributed by atoms with Crippen LogP contribution in [0, 0.1) is 10.8 Å². The van der Waals surface area contributed by atoms with Gasteiger partial charge in [0.15, 0.2) is 0 Å². The van der Waals surface area contributed by atoms with E-state index in [9.17, 15) is 4.79 Å². The van der Waals surface area contributed by atoms with Gasteiger partial charge in [-0.1, -0.05) is 27.7 Å². The lowest BCUT2D eigenvalue weighted by Crippen LogP contribution is -2.63. The number of hydrogen-bond donors (Lipinski definition) is 1. The fourth-order valence-corrected chi connectivity index (χ4v) is 3.44. The maximum atomic E-state index is 12.1. The molecule has 18 heavy (non-hydrogen) atoms. The number of amides is 1. The van der Waals surface area contributed by atoms with E-state index >= 15 is 0 Å². The number of halogens is 1. The summed E-state index contributed by atoms with van der Waals surface area (Å²) >= 11 is 5.60. The molecule has 0 radical (unpaired) electrons. The zero-order valence-corrected chi connectivity index (χ0v) is 11.9. The Labute approximate surface area is 112 Å². The Hall–Kier alpha value is -1.16. The van der Waals surface area contributed by atoms with Crippen LogP contribution in [0.15, 0.2) is 12.4 Å². The van der Waals surface area contributed by atoms with E-state index < -0.39 is 0 Å². The van der Waals surface area contributed by atoms with Crippen molar-refractivity contribution in [2.24, 2.45) is 10.8 Å². The fraction of sp³-hybridized carbons (Fsp3) is 0.615. The first kappa shape index (κ1) is 13.3. The van der Waals surface area contributed by atoms with E-state index in [1.165, 1.54) is 12.4 Å². The van der Waals surface area contributed by atoms with Crippen LogP contribution in [-0.4, -0.2) is 21.9 Å². The second kappa shape index (κ2) is 4.19. The van der Waals surface area contributed by atoms with Gasteiger partial charge in [-0.25, -0.2) is 9.97 Å². The summed E-state index contributed by atoms with van der Waals surface area (Å²) in [6.45, 7) is 8.67. The molecule has 98 valence electrons. The molecule has 0 unspecified atom stereocenters. The fourth-order valence-electron chi connectivity index (χ4n) is 3.34. The second-order valence-electron chi connectivity index (χ2n) is 6.30. The molecule has 4 nitrogen and oxygen atoms in total. The van der Waals surface area contributed by atoms with Crippen LogP contribution < -0.4 is 5.32 Å². The minimum absolute atomic E-state index is 0.131.